The van der Waals surface area contributed by atoms with Gasteiger partial charge in [-0.05, 0) is 42.0 Å². The van der Waals surface area contributed by atoms with Crippen molar-refractivity contribution in [2.75, 3.05) is 18.6 Å². The van der Waals surface area contributed by atoms with Crippen LogP contribution in [0.4, 0.5) is 0 Å². The van der Waals surface area contributed by atoms with Crippen molar-refractivity contribution >= 4 is 33.6 Å². The summed E-state index contributed by atoms with van der Waals surface area (Å²) >= 11 is 5.29. The van der Waals surface area contributed by atoms with Gasteiger partial charge in [-0.1, -0.05) is 28.1 Å². The Balaban J connectivity index is 2.05. The molecule has 0 aliphatic carbocycles. The summed E-state index contributed by atoms with van der Waals surface area (Å²) in [5.41, 5.74) is 8.53. The molecule has 1 amide bonds. The number of nitrogens with zero attached hydrogens (tertiary/aromatic N) is 1. The van der Waals surface area contributed by atoms with E-state index in [1.165, 1.54) is 11.1 Å². The van der Waals surface area contributed by atoms with Gasteiger partial charge >= 0.3 is 0 Å². The monoisotopic (exact) mass is 342 g/mol. The predicted molar refractivity (Wildman–Crippen MR) is 84.2 cm³/mol. The number of hydrogen-bond acceptors (Lipinski definition) is 3. The Morgan fingerprint density at radius 1 is 1.58 bits per heavy atom. The zero-order chi connectivity index (χ0) is 13.8. The Morgan fingerprint density at radius 2 is 2.37 bits per heavy atom. The molecule has 104 valence electrons. The van der Waals surface area contributed by atoms with Gasteiger partial charge in [-0.2, -0.15) is 11.8 Å². The highest BCUT2D eigenvalue weighted by Gasteiger charge is 2.25. The van der Waals surface area contributed by atoms with Crippen LogP contribution in [0.3, 0.4) is 0 Å². The molecule has 0 spiro atoms. The van der Waals surface area contributed by atoms with E-state index in [0.717, 1.165) is 29.6 Å². The second-order valence-electron chi connectivity index (χ2n) is 4.78. The summed E-state index contributed by atoms with van der Waals surface area (Å²) in [6.07, 6.45) is 3.69. The van der Waals surface area contributed by atoms with Crippen LogP contribution in [0.5, 0.6) is 0 Å². The van der Waals surface area contributed by atoms with Crippen molar-refractivity contribution in [1.82, 2.24) is 4.90 Å². The summed E-state index contributed by atoms with van der Waals surface area (Å²) in [7, 11) is 0. The lowest BCUT2D eigenvalue weighted by molar-refractivity contribution is -0.133. The number of carbonyl (C=O) groups is 1. The molecule has 0 bridgehead atoms. The summed E-state index contributed by atoms with van der Waals surface area (Å²) in [6.45, 7) is 1.44. The highest BCUT2D eigenvalue weighted by Crippen LogP contribution is 2.26. The molecule has 1 aromatic rings. The molecule has 19 heavy (non-hydrogen) atoms. The van der Waals surface area contributed by atoms with Crippen molar-refractivity contribution in [2.45, 2.75) is 25.4 Å². The third kappa shape index (κ3) is 3.52. The normalized spacial score (nSPS) is 16.1. The third-order valence-electron chi connectivity index (χ3n) is 3.48. The molecule has 0 saturated heterocycles. The molecule has 0 aromatic heterocycles. The molecule has 0 saturated carbocycles. The molecule has 0 unspecified atom stereocenters. The molecule has 1 aliphatic rings. The fraction of sp³-hybridized carbons (Fsp3) is 0.500. The summed E-state index contributed by atoms with van der Waals surface area (Å²) in [6, 6.07) is 5.84. The molecule has 3 nitrogen and oxygen atoms in total. The first-order valence-electron chi connectivity index (χ1n) is 6.43. The first kappa shape index (κ1) is 14.9. The van der Waals surface area contributed by atoms with Crippen molar-refractivity contribution in [3.63, 3.8) is 0 Å². The smallest absolute Gasteiger partial charge is 0.239 e. The molecular weight excluding hydrogens is 324 g/mol. The van der Waals surface area contributed by atoms with Crippen molar-refractivity contribution in [3.8, 4) is 0 Å². The average molecular weight is 343 g/mol. The number of hydrogen-bond donors (Lipinski definition) is 1. The molecule has 1 aromatic carbocycles. The molecule has 1 heterocycles. The van der Waals surface area contributed by atoms with Crippen LogP contribution in [0.15, 0.2) is 22.7 Å². The second-order valence-corrected chi connectivity index (χ2v) is 6.62. The summed E-state index contributed by atoms with van der Waals surface area (Å²) in [5, 5.41) is 0. The van der Waals surface area contributed by atoms with E-state index in [0.29, 0.717) is 6.54 Å². The average Bonchev–Trinajstić information content (AvgIpc) is 2.44. The van der Waals surface area contributed by atoms with Gasteiger partial charge in [0.2, 0.25) is 5.91 Å². The summed E-state index contributed by atoms with van der Waals surface area (Å²) in [5.74, 6) is 1.01. The lowest BCUT2D eigenvalue weighted by Crippen LogP contribution is -2.46. The molecule has 2 N–H and O–H groups in total. The Kier molecular flexibility index (Phi) is 5.30. The van der Waals surface area contributed by atoms with Crippen molar-refractivity contribution < 1.29 is 4.79 Å². The largest absolute Gasteiger partial charge is 0.337 e. The summed E-state index contributed by atoms with van der Waals surface area (Å²) in [4.78, 5) is 14.2. The summed E-state index contributed by atoms with van der Waals surface area (Å²) < 4.78 is 1.08. The zero-order valence-electron chi connectivity index (χ0n) is 11.1. The minimum absolute atomic E-state index is 0.0791. The van der Waals surface area contributed by atoms with Crippen LogP contribution in [-0.4, -0.2) is 35.4 Å². The van der Waals surface area contributed by atoms with Crippen LogP contribution in [0, 0.1) is 0 Å². The Bertz CT molecular complexity index is 467. The molecule has 1 atom stereocenters. The predicted octanol–water partition coefficient (Wildman–Crippen LogP) is 2.41. The highest BCUT2D eigenvalue weighted by molar-refractivity contribution is 9.10. The zero-order valence-corrected chi connectivity index (χ0v) is 13.5. The van der Waals surface area contributed by atoms with Crippen molar-refractivity contribution in [1.29, 1.82) is 0 Å². The maximum atomic E-state index is 12.3. The Hall–Kier alpha value is -0.520. The van der Waals surface area contributed by atoms with Crippen LogP contribution in [-0.2, 0) is 17.8 Å². The Morgan fingerprint density at radius 3 is 3.11 bits per heavy atom. The molecule has 0 fully saturated rings. The van der Waals surface area contributed by atoms with Gasteiger partial charge in [0.1, 0.15) is 0 Å². The van der Waals surface area contributed by atoms with E-state index in [4.69, 9.17) is 5.73 Å². The fourth-order valence-electron chi connectivity index (χ4n) is 2.33. The number of amides is 1. The minimum atomic E-state index is -0.364. The number of rotatable bonds is 4. The lowest BCUT2D eigenvalue weighted by atomic mass is 9.99. The minimum Gasteiger partial charge on any atom is -0.337 e. The second kappa shape index (κ2) is 6.77. The molecular formula is C14H19BrN2OS. The Labute approximate surface area is 127 Å². The first-order valence-corrected chi connectivity index (χ1v) is 8.61. The first-order chi connectivity index (χ1) is 9.13. The van der Waals surface area contributed by atoms with Crippen LogP contribution in [0.2, 0.25) is 0 Å². The quantitative estimate of drug-likeness (QED) is 0.913. The fourth-order valence-corrected chi connectivity index (χ4v) is 3.35. The molecule has 2 rings (SSSR count). The number of thioether (sulfide) groups is 1. The van der Waals surface area contributed by atoms with E-state index in [1.54, 1.807) is 11.8 Å². The molecule has 0 radical (unpaired) electrons. The van der Waals surface area contributed by atoms with Gasteiger partial charge in [0.15, 0.2) is 0 Å². The van der Waals surface area contributed by atoms with E-state index >= 15 is 0 Å². The van der Waals surface area contributed by atoms with Gasteiger partial charge in [-0.25, -0.2) is 0 Å². The SMILES string of the molecule is CSCC[C@H](N)C(=O)N1CCc2cccc(Br)c2C1. The van der Waals surface area contributed by atoms with E-state index in [-0.39, 0.29) is 11.9 Å². The van der Waals surface area contributed by atoms with Gasteiger partial charge in [0, 0.05) is 17.6 Å². The number of fused-ring (bicyclic) bond motifs is 1. The number of carbonyl (C=O) groups excluding carboxylic acids is 1. The number of nitrogens with two attached hydrogens (primary N) is 1. The van der Waals surface area contributed by atoms with Gasteiger partial charge in [-0.3, -0.25) is 4.79 Å². The van der Waals surface area contributed by atoms with Crippen LogP contribution < -0.4 is 5.73 Å². The van der Waals surface area contributed by atoms with Crippen molar-refractivity contribution in [2.24, 2.45) is 5.73 Å². The van der Waals surface area contributed by atoms with Gasteiger partial charge in [0.05, 0.1) is 6.04 Å². The standard InChI is InChI=1S/C14H19BrN2OS/c1-19-8-6-13(16)14(18)17-7-5-10-3-2-4-12(15)11(10)9-17/h2-4,13H,5-9,16H2,1H3/t13-/m0/s1. The van der Waals surface area contributed by atoms with Crippen LogP contribution >= 0.6 is 27.7 Å². The maximum absolute atomic E-state index is 12.3. The number of benzene rings is 1. The number of halogens is 1. The van der Waals surface area contributed by atoms with E-state index in [2.05, 4.69) is 22.0 Å². The van der Waals surface area contributed by atoms with E-state index < -0.39 is 0 Å². The van der Waals surface area contributed by atoms with E-state index in [9.17, 15) is 4.79 Å². The van der Waals surface area contributed by atoms with Crippen LogP contribution in [0.1, 0.15) is 17.5 Å². The van der Waals surface area contributed by atoms with Crippen molar-refractivity contribution in [3.05, 3.63) is 33.8 Å². The van der Waals surface area contributed by atoms with Gasteiger partial charge < -0.3 is 10.6 Å². The van der Waals surface area contributed by atoms with Gasteiger partial charge in [0.25, 0.3) is 0 Å². The maximum Gasteiger partial charge on any atom is 0.239 e. The van der Waals surface area contributed by atoms with E-state index in [1.807, 2.05) is 23.3 Å². The molecule has 1 aliphatic heterocycles. The van der Waals surface area contributed by atoms with Crippen LogP contribution in [0.25, 0.3) is 0 Å². The topological polar surface area (TPSA) is 46.3 Å². The molecule has 5 heteroatoms. The lowest BCUT2D eigenvalue weighted by Gasteiger charge is -2.31. The third-order valence-corrected chi connectivity index (χ3v) is 4.86. The highest BCUT2D eigenvalue weighted by atomic mass is 79.9. The van der Waals surface area contributed by atoms with Gasteiger partial charge in [-0.15, -0.1) is 0 Å².